The van der Waals surface area contributed by atoms with Crippen molar-refractivity contribution in [2.24, 2.45) is 5.92 Å². The zero-order valence-corrected chi connectivity index (χ0v) is 12.4. The standard InChI is InChI=1S/C17H24N2O/c1-17(2,20)15-4-3-9-19(12-15)11-13-5-6-14-7-8-18-16(14)10-13/h5-8,10,15,18,20H,3-4,9,11-12H2,1-2H3. The highest BCUT2D eigenvalue weighted by Gasteiger charge is 2.31. The lowest BCUT2D eigenvalue weighted by Crippen LogP contribution is -2.44. The molecule has 1 aliphatic rings. The van der Waals surface area contributed by atoms with Crippen molar-refractivity contribution in [1.29, 1.82) is 0 Å². The number of benzene rings is 1. The summed E-state index contributed by atoms with van der Waals surface area (Å²) in [4.78, 5) is 5.74. The van der Waals surface area contributed by atoms with E-state index >= 15 is 0 Å². The molecular weight excluding hydrogens is 248 g/mol. The number of aromatic amines is 1. The van der Waals surface area contributed by atoms with Crippen LogP contribution in [0.2, 0.25) is 0 Å². The van der Waals surface area contributed by atoms with Crippen LogP contribution in [0.25, 0.3) is 10.9 Å². The monoisotopic (exact) mass is 272 g/mol. The van der Waals surface area contributed by atoms with Gasteiger partial charge >= 0.3 is 0 Å². The first kappa shape index (κ1) is 13.7. The van der Waals surface area contributed by atoms with Crippen LogP contribution in [0.5, 0.6) is 0 Å². The Bertz CT molecular complexity index is 582. The predicted molar refractivity (Wildman–Crippen MR) is 82.6 cm³/mol. The fourth-order valence-electron chi connectivity index (χ4n) is 3.23. The highest BCUT2D eigenvalue weighted by Crippen LogP contribution is 2.27. The quantitative estimate of drug-likeness (QED) is 0.901. The third-order valence-electron chi connectivity index (χ3n) is 4.53. The van der Waals surface area contributed by atoms with Gasteiger partial charge in [-0.3, -0.25) is 4.90 Å². The summed E-state index contributed by atoms with van der Waals surface area (Å²) in [6.07, 6.45) is 4.30. The maximum Gasteiger partial charge on any atom is 0.0632 e. The van der Waals surface area contributed by atoms with E-state index in [1.54, 1.807) is 0 Å². The number of nitrogens with zero attached hydrogens (tertiary/aromatic N) is 1. The van der Waals surface area contributed by atoms with E-state index in [2.05, 4.69) is 34.1 Å². The SMILES string of the molecule is CC(C)(O)C1CCCN(Cc2ccc3cc[nH]c3c2)C1. The van der Waals surface area contributed by atoms with Crippen molar-refractivity contribution < 1.29 is 5.11 Å². The second-order valence-electron chi connectivity index (χ2n) is 6.63. The molecule has 0 radical (unpaired) electrons. The lowest BCUT2D eigenvalue weighted by atomic mass is 9.84. The van der Waals surface area contributed by atoms with Gasteiger partial charge in [0.25, 0.3) is 0 Å². The van der Waals surface area contributed by atoms with Crippen molar-refractivity contribution >= 4 is 10.9 Å². The van der Waals surface area contributed by atoms with E-state index in [4.69, 9.17) is 0 Å². The Morgan fingerprint density at radius 2 is 2.20 bits per heavy atom. The van der Waals surface area contributed by atoms with E-state index in [0.29, 0.717) is 5.92 Å². The molecule has 1 aliphatic heterocycles. The molecule has 1 aromatic carbocycles. The summed E-state index contributed by atoms with van der Waals surface area (Å²) in [6, 6.07) is 8.73. The van der Waals surface area contributed by atoms with Gasteiger partial charge in [-0.15, -0.1) is 0 Å². The molecule has 108 valence electrons. The Morgan fingerprint density at radius 1 is 1.35 bits per heavy atom. The van der Waals surface area contributed by atoms with Crippen LogP contribution in [0.4, 0.5) is 0 Å². The Labute approximate surface area is 120 Å². The first-order chi connectivity index (χ1) is 9.52. The number of hydrogen-bond donors (Lipinski definition) is 2. The molecule has 0 bridgehead atoms. The summed E-state index contributed by atoms with van der Waals surface area (Å²) in [6.45, 7) is 6.97. The summed E-state index contributed by atoms with van der Waals surface area (Å²) in [5.41, 5.74) is 1.98. The van der Waals surface area contributed by atoms with Gasteiger partial charge in [-0.2, -0.15) is 0 Å². The normalized spacial score (nSPS) is 21.4. The number of rotatable bonds is 3. The minimum atomic E-state index is -0.567. The number of H-pyrrole nitrogens is 1. The molecular formula is C17H24N2O. The average Bonchev–Trinajstić information content (AvgIpc) is 2.85. The Balaban J connectivity index is 1.70. The van der Waals surface area contributed by atoms with Crippen molar-refractivity contribution in [2.45, 2.75) is 38.8 Å². The van der Waals surface area contributed by atoms with Gasteiger partial charge in [0.15, 0.2) is 0 Å². The van der Waals surface area contributed by atoms with E-state index in [1.807, 2.05) is 20.0 Å². The number of nitrogens with one attached hydrogen (secondary N) is 1. The minimum Gasteiger partial charge on any atom is -0.390 e. The highest BCUT2D eigenvalue weighted by atomic mass is 16.3. The van der Waals surface area contributed by atoms with Gasteiger partial charge in [0.2, 0.25) is 0 Å². The zero-order chi connectivity index (χ0) is 14.2. The van der Waals surface area contributed by atoms with E-state index in [9.17, 15) is 5.11 Å². The molecule has 2 aromatic rings. The lowest BCUT2D eigenvalue weighted by molar-refractivity contribution is -0.0198. The summed E-state index contributed by atoms with van der Waals surface area (Å²) in [5.74, 6) is 0.380. The van der Waals surface area contributed by atoms with Gasteiger partial charge in [-0.05, 0) is 62.2 Å². The van der Waals surface area contributed by atoms with Gasteiger partial charge in [0.05, 0.1) is 5.60 Å². The maximum absolute atomic E-state index is 10.2. The lowest BCUT2D eigenvalue weighted by Gasteiger charge is -2.38. The summed E-state index contributed by atoms with van der Waals surface area (Å²) < 4.78 is 0. The van der Waals surface area contributed by atoms with Crippen molar-refractivity contribution in [3.63, 3.8) is 0 Å². The second kappa shape index (κ2) is 5.23. The fourth-order valence-corrected chi connectivity index (χ4v) is 3.23. The van der Waals surface area contributed by atoms with Crippen molar-refractivity contribution in [1.82, 2.24) is 9.88 Å². The van der Waals surface area contributed by atoms with Crippen LogP contribution in [0, 0.1) is 5.92 Å². The van der Waals surface area contributed by atoms with Crippen LogP contribution in [-0.4, -0.2) is 33.7 Å². The smallest absolute Gasteiger partial charge is 0.0632 e. The third-order valence-corrected chi connectivity index (χ3v) is 4.53. The Morgan fingerprint density at radius 3 is 3.00 bits per heavy atom. The van der Waals surface area contributed by atoms with Crippen LogP contribution in [0.15, 0.2) is 30.5 Å². The van der Waals surface area contributed by atoms with Crippen LogP contribution < -0.4 is 0 Å². The van der Waals surface area contributed by atoms with Gasteiger partial charge < -0.3 is 10.1 Å². The summed E-state index contributed by atoms with van der Waals surface area (Å²) >= 11 is 0. The van der Waals surface area contributed by atoms with Gasteiger partial charge in [-0.25, -0.2) is 0 Å². The van der Waals surface area contributed by atoms with Gasteiger partial charge in [-0.1, -0.05) is 12.1 Å². The van der Waals surface area contributed by atoms with Crippen LogP contribution in [0.1, 0.15) is 32.3 Å². The number of fused-ring (bicyclic) bond motifs is 1. The molecule has 1 unspecified atom stereocenters. The van der Waals surface area contributed by atoms with E-state index in [1.165, 1.54) is 22.9 Å². The molecule has 1 aromatic heterocycles. The molecule has 1 atom stereocenters. The van der Waals surface area contributed by atoms with Crippen molar-refractivity contribution in [2.75, 3.05) is 13.1 Å². The molecule has 2 heterocycles. The fraction of sp³-hybridized carbons (Fsp3) is 0.529. The molecule has 2 N–H and O–H groups in total. The average molecular weight is 272 g/mol. The van der Waals surface area contributed by atoms with Crippen LogP contribution >= 0.6 is 0 Å². The summed E-state index contributed by atoms with van der Waals surface area (Å²) in [5, 5.41) is 11.5. The molecule has 0 amide bonds. The molecule has 3 heteroatoms. The van der Waals surface area contributed by atoms with Crippen molar-refractivity contribution in [3.8, 4) is 0 Å². The van der Waals surface area contributed by atoms with Crippen molar-refractivity contribution in [3.05, 3.63) is 36.0 Å². The molecule has 1 saturated heterocycles. The van der Waals surface area contributed by atoms with E-state index in [0.717, 1.165) is 26.1 Å². The van der Waals surface area contributed by atoms with Gasteiger partial charge in [0, 0.05) is 24.8 Å². The first-order valence-electron chi connectivity index (χ1n) is 7.53. The number of aromatic nitrogens is 1. The second-order valence-corrected chi connectivity index (χ2v) is 6.63. The number of piperidine rings is 1. The topological polar surface area (TPSA) is 39.3 Å². The van der Waals surface area contributed by atoms with Gasteiger partial charge in [0.1, 0.15) is 0 Å². The zero-order valence-electron chi connectivity index (χ0n) is 12.4. The molecule has 0 aliphatic carbocycles. The van der Waals surface area contributed by atoms with Crippen LogP contribution in [-0.2, 0) is 6.54 Å². The third kappa shape index (κ3) is 2.89. The number of aliphatic hydroxyl groups is 1. The molecule has 0 spiro atoms. The number of hydrogen-bond acceptors (Lipinski definition) is 2. The predicted octanol–water partition coefficient (Wildman–Crippen LogP) is 3.15. The minimum absolute atomic E-state index is 0.380. The molecule has 3 rings (SSSR count). The molecule has 3 nitrogen and oxygen atoms in total. The maximum atomic E-state index is 10.2. The number of likely N-dealkylation sites (tertiary alicyclic amines) is 1. The molecule has 1 fully saturated rings. The first-order valence-corrected chi connectivity index (χ1v) is 7.53. The largest absolute Gasteiger partial charge is 0.390 e. The van der Waals surface area contributed by atoms with E-state index < -0.39 is 5.60 Å². The molecule has 0 saturated carbocycles. The Kier molecular flexibility index (Phi) is 3.57. The van der Waals surface area contributed by atoms with Crippen LogP contribution in [0.3, 0.4) is 0 Å². The highest BCUT2D eigenvalue weighted by molar-refractivity contribution is 5.79. The Hall–Kier alpha value is -1.32. The van der Waals surface area contributed by atoms with E-state index in [-0.39, 0.29) is 0 Å². The summed E-state index contributed by atoms with van der Waals surface area (Å²) in [7, 11) is 0. The molecule has 20 heavy (non-hydrogen) atoms.